The highest BCUT2D eigenvalue weighted by atomic mass is 35.5. The van der Waals surface area contributed by atoms with E-state index in [0.717, 1.165) is 22.0 Å². The van der Waals surface area contributed by atoms with Gasteiger partial charge in [-0.3, -0.25) is 4.40 Å². The van der Waals surface area contributed by atoms with Crippen molar-refractivity contribution in [2.75, 3.05) is 5.32 Å². The van der Waals surface area contributed by atoms with Crippen molar-refractivity contribution in [1.29, 1.82) is 0 Å². The molecule has 0 saturated heterocycles. The average molecular weight is 344 g/mol. The summed E-state index contributed by atoms with van der Waals surface area (Å²) in [5.74, 6) is -0.597. The maximum Gasteiger partial charge on any atom is 0.194 e. The summed E-state index contributed by atoms with van der Waals surface area (Å²) in [7, 11) is 0. The lowest BCUT2D eigenvalue weighted by Crippen LogP contribution is -2.05. The monoisotopic (exact) mass is 343 g/mol. The first kappa shape index (κ1) is 14.6. The molecule has 1 N–H and O–H groups in total. The van der Waals surface area contributed by atoms with Gasteiger partial charge in [0.15, 0.2) is 10.8 Å². The highest BCUT2D eigenvalue weighted by Crippen LogP contribution is 2.28. The Morgan fingerprint density at radius 3 is 2.62 bits per heavy atom. The number of benzene rings is 1. The number of anilines is 1. The van der Waals surface area contributed by atoms with E-state index in [-0.39, 0.29) is 10.0 Å². The van der Waals surface area contributed by atoms with Gasteiger partial charge in [0.05, 0.1) is 28.0 Å². The van der Waals surface area contributed by atoms with Crippen LogP contribution in [0.15, 0.2) is 17.5 Å². The molecule has 1 aromatic carbocycles. The number of aromatic nitrogens is 2. The zero-order valence-corrected chi connectivity index (χ0v) is 13.7. The Labute approximate surface area is 135 Å². The van der Waals surface area contributed by atoms with Crippen LogP contribution in [-0.2, 0) is 6.54 Å². The van der Waals surface area contributed by atoms with Gasteiger partial charge in [0.2, 0.25) is 0 Å². The number of halogens is 3. The SMILES string of the molecule is Cc1nc2scc(C)n2c1CNc1cc(Cl)c(F)c(Cl)c1. The molecule has 0 amide bonds. The van der Waals surface area contributed by atoms with Crippen LogP contribution in [0.3, 0.4) is 0 Å². The van der Waals surface area contributed by atoms with Crippen LogP contribution in [0.4, 0.5) is 10.1 Å². The number of nitrogens with zero attached hydrogens (tertiary/aromatic N) is 2. The normalized spacial score (nSPS) is 11.3. The van der Waals surface area contributed by atoms with Gasteiger partial charge in [-0.05, 0) is 26.0 Å². The van der Waals surface area contributed by atoms with Gasteiger partial charge in [0.1, 0.15) is 0 Å². The first-order valence-electron chi connectivity index (χ1n) is 6.28. The summed E-state index contributed by atoms with van der Waals surface area (Å²) in [6, 6.07) is 3.05. The van der Waals surface area contributed by atoms with Crippen LogP contribution < -0.4 is 5.32 Å². The number of imidazole rings is 1. The summed E-state index contributed by atoms with van der Waals surface area (Å²) in [6.07, 6.45) is 0. The van der Waals surface area contributed by atoms with Crippen LogP contribution in [-0.4, -0.2) is 9.38 Å². The van der Waals surface area contributed by atoms with Crippen LogP contribution in [0.25, 0.3) is 4.96 Å². The second-order valence-electron chi connectivity index (χ2n) is 4.75. The van der Waals surface area contributed by atoms with Crippen LogP contribution in [0, 0.1) is 19.7 Å². The molecule has 0 saturated carbocycles. The molecule has 0 aliphatic carbocycles. The quantitative estimate of drug-likeness (QED) is 0.672. The number of aryl methyl sites for hydroxylation is 2. The topological polar surface area (TPSA) is 29.3 Å². The molecule has 21 heavy (non-hydrogen) atoms. The Bertz CT molecular complexity index is 802. The molecule has 110 valence electrons. The van der Waals surface area contributed by atoms with E-state index in [0.29, 0.717) is 12.2 Å². The summed E-state index contributed by atoms with van der Waals surface area (Å²) >= 11 is 13.2. The maximum atomic E-state index is 13.4. The molecule has 3 aromatic rings. The minimum Gasteiger partial charge on any atom is -0.379 e. The lowest BCUT2D eigenvalue weighted by atomic mass is 10.3. The van der Waals surface area contributed by atoms with E-state index >= 15 is 0 Å². The molecular weight excluding hydrogens is 332 g/mol. The minimum absolute atomic E-state index is 0.00636. The minimum atomic E-state index is -0.597. The number of fused-ring (bicyclic) bond motifs is 1. The zero-order valence-electron chi connectivity index (χ0n) is 11.4. The van der Waals surface area contributed by atoms with Crippen molar-refractivity contribution in [3.63, 3.8) is 0 Å². The van der Waals surface area contributed by atoms with Gasteiger partial charge < -0.3 is 5.32 Å². The molecule has 0 atom stereocenters. The second kappa shape index (κ2) is 5.48. The largest absolute Gasteiger partial charge is 0.379 e. The Morgan fingerprint density at radius 1 is 1.29 bits per heavy atom. The van der Waals surface area contributed by atoms with Crippen LogP contribution in [0.1, 0.15) is 17.1 Å². The van der Waals surface area contributed by atoms with Crippen LogP contribution in [0.5, 0.6) is 0 Å². The first-order valence-corrected chi connectivity index (χ1v) is 7.91. The van der Waals surface area contributed by atoms with Crippen LogP contribution in [0.2, 0.25) is 10.0 Å². The predicted octanol–water partition coefficient (Wildman–Crippen LogP) is 5.07. The fourth-order valence-corrected chi connectivity index (χ4v) is 3.64. The molecule has 0 aliphatic rings. The summed E-state index contributed by atoms with van der Waals surface area (Å²) in [5, 5.41) is 5.29. The standard InChI is InChI=1S/C14H12Cl2FN3S/c1-7-6-21-14-19-8(2)12(20(7)14)5-18-9-3-10(15)13(17)11(16)4-9/h3-4,6,18H,5H2,1-2H3. The van der Waals surface area contributed by atoms with Crippen LogP contribution >= 0.6 is 34.5 Å². The summed E-state index contributed by atoms with van der Waals surface area (Å²) < 4.78 is 15.5. The van der Waals surface area contributed by atoms with Crippen molar-refractivity contribution in [3.8, 4) is 0 Å². The molecule has 0 radical (unpaired) electrons. The van der Waals surface area contributed by atoms with Gasteiger partial charge in [-0.25, -0.2) is 9.37 Å². The molecule has 0 aliphatic heterocycles. The third kappa shape index (κ3) is 2.61. The van der Waals surface area contributed by atoms with Gasteiger partial charge in [0, 0.05) is 16.8 Å². The molecule has 7 heteroatoms. The van der Waals surface area contributed by atoms with Gasteiger partial charge in [-0.2, -0.15) is 0 Å². The molecule has 2 heterocycles. The predicted molar refractivity (Wildman–Crippen MR) is 86.3 cm³/mol. The molecule has 3 nitrogen and oxygen atoms in total. The number of thiazole rings is 1. The zero-order chi connectivity index (χ0) is 15.1. The highest BCUT2D eigenvalue weighted by Gasteiger charge is 2.13. The van der Waals surface area contributed by atoms with E-state index in [9.17, 15) is 4.39 Å². The van der Waals surface area contributed by atoms with Crippen molar-refractivity contribution in [2.45, 2.75) is 20.4 Å². The number of hydrogen-bond donors (Lipinski definition) is 1. The molecule has 0 bridgehead atoms. The van der Waals surface area contributed by atoms with Gasteiger partial charge in [0.25, 0.3) is 0 Å². The number of hydrogen-bond acceptors (Lipinski definition) is 3. The third-order valence-corrected chi connectivity index (χ3v) is 4.77. The van der Waals surface area contributed by atoms with E-state index in [4.69, 9.17) is 23.2 Å². The van der Waals surface area contributed by atoms with Gasteiger partial charge >= 0.3 is 0 Å². The fourth-order valence-electron chi connectivity index (χ4n) is 2.22. The summed E-state index contributed by atoms with van der Waals surface area (Å²) in [6.45, 7) is 4.57. The highest BCUT2D eigenvalue weighted by molar-refractivity contribution is 7.15. The van der Waals surface area contributed by atoms with E-state index < -0.39 is 5.82 Å². The van der Waals surface area contributed by atoms with E-state index in [1.165, 1.54) is 12.1 Å². The lowest BCUT2D eigenvalue weighted by molar-refractivity contribution is 0.629. The van der Waals surface area contributed by atoms with Crippen molar-refractivity contribution < 1.29 is 4.39 Å². The fraction of sp³-hybridized carbons (Fsp3) is 0.214. The number of nitrogens with one attached hydrogen (secondary N) is 1. The van der Waals surface area contributed by atoms with Gasteiger partial charge in [-0.15, -0.1) is 11.3 Å². The van der Waals surface area contributed by atoms with Crippen molar-refractivity contribution in [2.24, 2.45) is 0 Å². The molecule has 0 spiro atoms. The van der Waals surface area contributed by atoms with Crippen molar-refractivity contribution in [3.05, 3.63) is 50.5 Å². The first-order chi connectivity index (χ1) is 9.97. The Morgan fingerprint density at radius 2 is 1.95 bits per heavy atom. The van der Waals surface area contributed by atoms with Crippen molar-refractivity contribution in [1.82, 2.24) is 9.38 Å². The Balaban J connectivity index is 1.90. The summed E-state index contributed by atoms with van der Waals surface area (Å²) in [5.41, 5.74) is 3.85. The average Bonchev–Trinajstić information content (AvgIpc) is 2.93. The third-order valence-electron chi connectivity index (χ3n) is 3.27. The van der Waals surface area contributed by atoms with Gasteiger partial charge in [-0.1, -0.05) is 23.2 Å². The Kier molecular flexibility index (Phi) is 3.82. The van der Waals surface area contributed by atoms with E-state index in [2.05, 4.69) is 20.1 Å². The molecule has 0 unspecified atom stereocenters. The molecule has 3 rings (SSSR count). The molecule has 0 fully saturated rings. The molecule has 2 aromatic heterocycles. The second-order valence-corrected chi connectivity index (χ2v) is 6.40. The molecular formula is C14H12Cl2FN3S. The number of rotatable bonds is 3. The van der Waals surface area contributed by atoms with E-state index in [1.54, 1.807) is 11.3 Å². The maximum absolute atomic E-state index is 13.4. The Hall–Kier alpha value is -1.30. The lowest BCUT2D eigenvalue weighted by Gasteiger charge is -2.09. The summed E-state index contributed by atoms with van der Waals surface area (Å²) in [4.78, 5) is 5.49. The van der Waals surface area contributed by atoms with Crippen molar-refractivity contribution >= 4 is 45.2 Å². The smallest absolute Gasteiger partial charge is 0.194 e. The van der Waals surface area contributed by atoms with E-state index in [1.807, 2.05) is 13.8 Å².